The van der Waals surface area contributed by atoms with E-state index in [2.05, 4.69) is 48.7 Å². The smallest absolute Gasteiger partial charge is 0.0208 e. The molecule has 0 saturated carbocycles. The molecule has 0 amide bonds. The zero-order chi connectivity index (χ0) is 9.80. The molecule has 0 radical (unpaired) electrons. The van der Waals surface area contributed by atoms with E-state index in [-0.39, 0.29) is 0 Å². The first-order valence-electron chi connectivity index (χ1n) is 5.28. The third-order valence-electron chi connectivity index (χ3n) is 2.72. The molecule has 1 aliphatic rings. The number of hydrogen-bond donors (Lipinski definition) is 1. The number of rotatable bonds is 3. The van der Waals surface area contributed by atoms with Crippen LogP contribution in [-0.2, 0) is 6.54 Å². The van der Waals surface area contributed by atoms with Crippen molar-refractivity contribution in [3.05, 3.63) is 47.5 Å². The molecule has 2 rings (SSSR count). The first-order chi connectivity index (χ1) is 6.84. The minimum Gasteiger partial charge on any atom is -0.309 e. The van der Waals surface area contributed by atoms with Crippen LogP contribution in [0.5, 0.6) is 0 Å². The highest BCUT2D eigenvalue weighted by molar-refractivity contribution is 5.21. The van der Waals surface area contributed by atoms with E-state index in [1.807, 2.05) is 0 Å². The van der Waals surface area contributed by atoms with E-state index in [1.165, 1.54) is 24.0 Å². The summed E-state index contributed by atoms with van der Waals surface area (Å²) in [5.74, 6) is 0. The molecule has 0 unspecified atom stereocenters. The molecule has 0 heterocycles. The SMILES string of the molecule is Cc1ccc(CNC2CC=CC2)cc1. The topological polar surface area (TPSA) is 12.0 Å². The van der Waals surface area contributed by atoms with Gasteiger partial charge in [0.25, 0.3) is 0 Å². The maximum absolute atomic E-state index is 3.55. The van der Waals surface area contributed by atoms with Crippen molar-refractivity contribution in [2.75, 3.05) is 0 Å². The quantitative estimate of drug-likeness (QED) is 0.717. The maximum atomic E-state index is 3.55. The lowest BCUT2D eigenvalue weighted by molar-refractivity contribution is 0.538. The van der Waals surface area contributed by atoms with Crippen LogP contribution in [0.3, 0.4) is 0 Å². The Morgan fingerprint density at radius 1 is 1.14 bits per heavy atom. The zero-order valence-corrected chi connectivity index (χ0v) is 8.66. The van der Waals surface area contributed by atoms with Gasteiger partial charge in [0.15, 0.2) is 0 Å². The molecule has 74 valence electrons. The van der Waals surface area contributed by atoms with E-state index in [0.29, 0.717) is 6.04 Å². The van der Waals surface area contributed by atoms with E-state index in [4.69, 9.17) is 0 Å². The molecule has 0 fully saturated rings. The van der Waals surface area contributed by atoms with Gasteiger partial charge in [0.1, 0.15) is 0 Å². The lowest BCUT2D eigenvalue weighted by atomic mass is 10.1. The van der Waals surface area contributed by atoms with Gasteiger partial charge in [-0.15, -0.1) is 0 Å². The lowest BCUT2D eigenvalue weighted by Gasteiger charge is -2.11. The third-order valence-corrected chi connectivity index (χ3v) is 2.72. The van der Waals surface area contributed by atoms with Gasteiger partial charge in [-0.25, -0.2) is 0 Å². The highest BCUT2D eigenvalue weighted by Gasteiger charge is 2.08. The Kier molecular flexibility index (Phi) is 3.00. The van der Waals surface area contributed by atoms with Crippen LogP contribution in [-0.4, -0.2) is 6.04 Å². The van der Waals surface area contributed by atoms with Crippen LogP contribution in [0.15, 0.2) is 36.4 Å². The van der Waals surface area contributed by atoms with Gasteiger partial charge in [0.05, 0.1) is 0 Å². The standard InChI is InChI=1S/C13H17N/c1-11-6-8-12(9-7-11)10-14-13-4-2-3-5-13/h2-3,6-9,13-14H,4-5,10H2,1H3. The van der Waals surface area contributed by atoms with Crippen LogP contribution in [0, 0.1) is 6.92 Å². The Bertz CT molecular complexity index is 303. The molecule has 0 atom stereocenters. The van der Waals surface area contributed by atoms with Crippen LogP contribution in [0.25, 0.3) is 0 Å². The Balaban J connectivity index is 1.82. The number of hydrogen-bond acceptors (Lipinski definition) is 1. The van der Waals surface area contributed by atoms with Gasteiger partial charge >= 0.3 is 0 Å². The van der Waals surface area contributed by atoms with Crippen molar-refractivity contribution >= 4 is 0 Å². The van der Waals surface area contributed by atoms with E-state index in [0.717, 1.165) is 6.54 Å². The van der Waals surface area contributed by atoms with E-state index in [1.54, 1.807) is 0 Å². The molecule has 14 heavy (non-hydrogen) atoms. The molecule has 1 aromatic rings. The molecule has 1 nitrogen and oxygen atoms in total. The summed E-state index contributed by atoms with van der Waals surface area (Å²) in [5, 5.41) is 3.55. The predicted octanol–water partition coefficient (Wildman–Crippen LogP) is 2.80. The Hall–Kier alpha value is -1.08. The highest BCUT2D eigenvalue weighted by atomic mass is 14.9. The Morgan fingerprint density at radius 3 is 2.43 bits per heavy atom. The molecule has 0 spiro atoms. The summed E-state index contributed by atoms with van der Waals surface area (Å²) in [6.45, 7) is 3.12. The van der Waals surface area contributed by atoms with Gasteiger partial charge in [-0.05, 0) is 25.3 Å². The predicted molar refractivity (Wildman–Crippen MR) is 60.2 cm³/mol. The first-order valence-corrected chi connectivity index (χ1v) is 5.28. The van der Waals surface area contributed by atoms with Gasteiger partial charge in [-0.2, -0.15) is 0 Å². The summed E-state index contributed by atoms with van der Waals surface area (Å²) in [6.07, 6.45) is 6.89. The monoisotopic (exact) mass is 187 g/mol. The largest absolute Gasteiger partial charge is 0.309 e. The van der Waals surface area contributed by atoms with Gasteiger partial charge in [0.2, 0.25) is 0 Å². The summed E-state index contributed by atoms with van der Waals surface area (Å²) in [7, 11) is 0. The molecule has 1 aliphatic carbocycles. The number of aryl methyl sites for hydroxylation is 1. The molecule has 1 N–H and O–H groups in total. The number of benzene rings is 1. The second kappa shape index (κ2) is 4.43. The summed E-state index contributed by atoms with van der Waals surface area (Å²) in [5.41, 5.74) is 2.71. The molecule has 0 aromatic heterocycles. The fourth-order valence-electron chi connectivity index (χ4n) is 1.75. The minimum absolute atomic E-state index is 0.663. The summed E-state index contributed by atoms with van der Waals surface area (Å²) < 4.78 is 0. The van der Waals surface area contributed by atoms with Gasteiger partial charge < -0.3 is 5.32 Å². The second-order valence-electron chi connectivity index (χ2n) is 4.01. The normalized spacial score (nSPS) is 16.4. The van der Waals surface area contributed by atoms with Crippen molar-refractivity contribution in [1.82, 2.24) is 5.32 Å². The fraction of sp³-hybridized carbons (Fsp3) is 0.385. The van der Waals surface area contributed by atoms with Crippen LogP contribution in [0.4, 0.5) is 0 Å². The van der Waals surface area contributed by atoms with Crippen molar-refractivity contribution in [3.63, 3.8) is 0 Å². The summed E-state index contributed by atoms with van der Waals surface area (Å²) in [4.78, 5) is 0. The molecular weight excluding hydrogens is 170 g/mol. The van der Waals surface area contributed by atoms with Crippen LogP contribution >= 0.6 is 0 Å². The average Bonchev–Trinajstić information content (AvgIpc) is 2.70. The third kappa shape index (κ3) is 2.46. The van der Waals surface area contributed by atoms with E-state index in [9.17, 15) is 0 Å². The van der Waals surface area contributed by atoms with Gasteiger partial charge in [0, 0.05) is 12.6 Å². The minimum atomic E-state index is 0.663. The lowest BCUT2D eigenvalue weighted by Crippen LogP contribution is -2.25. The van der Waals surface area contributed by atoms with Crippen molar-refractivity contribution in [3.8, 4) is 0 Å². The van der Waals surface area contributed by atoms with Crippen LogP contribution < -0.4 is 5.32 Å². The molecular formula is C13H17N. The van der Waals surface area contributed by atoms with Gasteiger partial charge in [-0.3, -0.25) is 0 Å². The zero-order valence-electron chi connectivity index (χ0n) is 8.66. The molecule has 0 aliphatic heterocycles. The van der Waals surface area contributed by atoms with E-state index < -0.39 is 0 Å². The van der Waals surface area contributed by atoms with Crippen molar-refractivity contribution in [2.45, 2.75) is 32.4 Å². The molecule has 1 heteroatoms. The summed E-state index contributed by atoms with van der Waals surface area (Å²) in [6, 6.07) is 9.40. The average molecular weight is 187 g/mol. The maximum Gasteiger partial charge on any atom is 0.0208 e. The van der Waals surface area contributed by atoms with Gasteiger partial charge in [-0.1, -0.05) is 42.0 Å². The Labute approximate surface area is 85.8 Å². The number of nitrogens with one attached hydrogen (secondary N) is 1. The first kappa shape index (κ1) is 9.47. The van der Waals surface area contributed by atoms with Crippen molar-refractivity contribution in [2.24, 2.45) is 0 Å². The molecule has 0 saturated heterocycles. The molecule has 1 aromatic carbocycles. The highest BCUT2D eigenvalue weighted by Crippen LogP contribution is 2.10. The van der Waals surface area contributed by atoms with Crippen molar-refractivity contribution in [1.29, 1.82) is 0 Å². The van der Waals surface area contributed by atoms with E-state index >= 15 is 0 Å². The van der Waals surface area contributed by atoms with Crippen LogP contribution in [0.1, 0.15) is 24.0 Å². The Morgan fingerprint density at radius 2 is 1.79 bits per heavy atom. The molecule has 0 bridgehead atoms. The summed E-state index contributed by atoms with van der Waals surface area (Å²) >= 11 is 0. The fourth-order valence-corrected chi connectivity index (χ4v) is 1.75. The van der Waals surface area contributed by atoms with Crippen molar-refractivity contribution < 1.29 is 0 Å². The second-order valence-corrected chi connectivity index (χ2v) is 4.01. The van der Waals surface area contributed by atoms with Crippen LogP contribution in [0.2, 0.25) is 0 Å².